The average molecular weight is 340 g/mol. The molecule has 2 rings (SSSR count). The summed E-state index contributed by atoms with van der Waals surface area (Å²) in [4.78, 5) is 14.7. The molecule has 4 nitrogen and oxygen atoms in total. The Morgan fingerprint density at radius 3 is 2.32 bits per heavy atom. The molecule has 0 spiro atoms. The molecule has 0 saturated carbocycles. The lowest BCUT2D eigenvalue weighted by molar-refractivity contribution is -0.122. The Kier molecular flexibility index (Phi) is 7.02. The first-order valence-corrected chi connectivity index (χ1v) is 8.88. The van der Waals surface area contributed by atoms with Crippen LogP contribution < -0.4 is 10.1 Å². The zero-order chi connectivity index (χ0) is 18.2. The molecule has 0 bridgehead atoms. The van der Waals surface area contributed by atoms with E-state index < -0.39 is 6.10 Å². The van der Waals surface area contributed by atoms with Crippen LogP contribution in [0.3, 0.4) is 0 Å². The van der Waals surface area contributed by atoms with Gasteiger partial charge in [-0.15, -0.1) is 0 Å². The van der Waals surface area contributed by atoms with E-state index in [0.29, 0.717) is 0 Å². The van der Waals surface area contributed by atoms with Gasteiger partial charge in [0.2, 0.25) is 0 Å². The average Bonchev–Trinajstić information content (AvgIpc) is 2.62. The molecule has 0 saturated heterocycles. The molecule has 0 aliphatic carbocycles. The third-order valence-electron chi connectivity index (χ3n) is 4.29. The van der Waals surface area contributed by atoms with Crippen LogP contribution in [0.1, 0.15) is 31.9 Å². The van der Waals surface area contributed by atoms with Crippen LogP contribution in [0.5, 0.6) is 5.75 Å². The number of hydrogen-bond donors (Lipinski definition) is 1. The molecule has 2 aromatic carbocycles. The zero-order valence-corrected chi connectivity index (χ0v) is 15.6. The summed E-state index contributed by atoms with van der Waals surface area (Å²) in [5.41, 5.74) is 3.04. The molecule has 0 aromatic heterocycles. The van der Waals surface area contributed by atoms with Crippen LogP contribution >= 0.6 is 0 Å². The normalized spacial score (nSPS) is 12.0. The van der Waals surface area contributed by atoms with Crippen molar-refractivity contribution in [3.63, 3.8) is 0 Å². The maximum atomic E-state index is 12.3. The molecular formula is C21H28N2O2. The van der Waals surface area contributed by atoms with Crippen molar-refractivity contribution in [1.82, 2.24) is 4.90 Å². The lowest BCUT2D eigenvalue weighted by Gasteiger charge is -2.18. The van der Waals surface area contributed by atoms with E-state index in [1.165, 1.54) is 5.56 Å². The summed E-state index contributed by atoms with van der Waals surface area (Å²) in [7, 11) is 0. The molecule has 1 atom stereocenters. The molecule has 2 aromatic rings. The predicted octanol–water partition coefficient (Wildman–Crippen LogP) is 4.24. The number of aryl methyl sites for hydroxylation is 1. The van der Waals surface area contributed by atoms with Crippen molar-refractivity contribution in [3.05, 3.63) is 59.7 Å². The van der Waals surface area contributed by atoms with Crippen LogP contribution in [0.15, 0.2) is 48.5 Å². The summed E-state index contributed by atoms with van der Waals surface area (Å²) < 4.78 is 5.77. The van der Waals surface area contributed by atoms with Gasteiger partial charge >= 0.3 is 0 Å². The molecule has 25 heavy (non-hydrogen) atoms. The molecule has 4 heteroatoms. The molecule has 0 aliphatic rings. The Hall–Kier alpha value is -2.33. The van der Waals surface area contributed by atoms with Crippen molar-refractivity contribution in [2.45, 2.75) is 40.3 Å². The highest BCUT2D eigenvalue weighted by Gasteiger charge is 2.15. The van der Waals surface area contributed by atoms with Crippen LogP contribution in [0, 0.1) is 6.92 Å². The minimum Gasteiger partial charge on any atom is -0.481 e. The van der Waals surface area contributed by atoms with Gasteiger partial charge in [-0.05, 0) is 56.3 Å². The number of benzene rings is 2. The van der Waals surface area contributed by atoms with Crippen LogP contribution in [0.2, 0.25) is 0 Å². The second kappa shape index (κ2) is 9.23. The first-order valence-electron chi connectivity index (χ1n) is 8.88. The van der Waals surface area contributed by atoms with Gasteiger partial charge < -0.3 is 10.1 Å². The summed E-state index contributed by atoms with van der Waals surface area (Å²) in [5, 5.41) is 2.91. The summed E-state index contributed by atoms with van der Waals surface area (Å²) in [6.07, 6.45) is -0.559. The van der Waals surface area contributed by atoms with Crippen molar-refractivity contribution < 1.29 is 9.53 Å². The van der Waals surface area contributed by atoms with Crippen LogP contribution in [-0.2, 0) is 11.3 Å². The van der Waals surface area contributed by atoms with E-state index in [0.717, 1.165) is 36.6 Å². The Morgan fingerprint density at radius 2 is 1.72 bits per heavy atom. The van der Waals surface area contributed by atoms with Crippen molar-refractivity contribution in [3.8, 4) is 5.75 Å². The number of nitrogens with zero attached hydrogens (tertiary/aromatic N) is 1. The zero-order valence-electron chi connectivity index (χ0n) is 15.6. The molecule has 134 valence electrons. The van der Waals surface area contributed by atoms with Gasteiger partial charge in [0.1, 0.15) is 5.75 Å². The quantitative estimate of drug-likeness (QED) is 0.781. The smallest absolute Gasteiger partial charge is 0.265 e. The number of hydrogen-bond acceptors (Lipinski definition) is 3. The summed E-state index contributed by atoms with van der Waals surface area (Å²) in [6.45, 7) is 11.0. The monoisotopic (exact) mass is 340 g/mol. The first-order chi connectivity index (χ1) is 12.0. The van der Waals surface area contributed by atoms with E-state index in [1.54, 1.807) is 6.92 Å². The molecule has 1 amide bonds. The van der Waals surface area contributed by atoms with Gasteiger partial charge in [-0.2, -0.15) is 0 Å². The maximum Gasteiger partial charge on any atom is 0.265 e. The van der Waals surface area contributed by atoms with Gasteiger partial charge in [0.05, 0.1) is 0 Å². The fraction of sp³-hybridized carbons (Fsp3) is 0.381. The number of carbonyl (C=O) groups excluding carboxylic acids is 1. The lowest BCUT2D eigenvalue weighted by Crippen LogP contribution is -2.30. The SMILES string of the molecule is CCN(CC)Cc1ccc(NC(=O)[C@@H](C)Oc2ccccc2C)cc1. The van der Waals surface area contributed by atoms with Crippen LogP contribution in [-0.4, -0.2) is 30.0 Å². The summed E-state index contributed by atoms with van der Waals surface area (Å²) >= 11 is 0. The molecule has 1 N–H and O–H groups in total. The number of para-hydroxylation sites is 1. The molecule has 0 radical (unpaired) electrons. The predicted molar refractivity (Wildman–Crippen MR) is 103 cm³/mol. The van der Waals surface area contributed by atoms with E-state index in [9.17, 15) is 4.79 Å². The largest absolute Gasteiger partial charge is 0.481 e. The Labute approximate surface area is 150 Å². The van der Waals surface area contributed by atoms with E-state index in [4.69, 9.17) is 4.74 Å². The van der Waals surface area contributed by atoms with Gasteiger partial charge in [-0.3, -0.25) is 9.69 Å². The van der Waals surface area contributed by atoms with Crippen molar-refractivity contribution in [2.75, 3.05) is 18.4 Å². The van der Waals surface area contributed by atoms with Crippen LogP contribution in [0.4, 0.5) is 5.69 Å². The van der Waals surface area contributed by atoms with Crippen molar-refractivity contribution in [1.29, 1.82) is 0 Å². The number of rotatable bonds is 8. The molecule has 0 unspecified atom stereocenters. The number of nitrogens with one attached hydrogen (secondary N) is 1. The van der Waals surface area contributed by atoms with Gasteiger partial charge in [-0.1, -0.05) is 44.2 Å². The molecule has 0 fully saturated rings. The van der Waals surface area contributed by atoms with Gasteiger partial charge in [0, 0.05) is 12.2 Å². The second-order valence-electron chi connectivity index (χ2n) is 6.17. The third-order valence-corrected chi connectivity index (χ3v) is 4.29. The third kappa shape index (κ3) is 5.61. The highest BCUT2D eigenvalue weighted by molar-refractivity contribution is 5.94. The van der Waals surface area contributed by atoms with E-state index >= 15 is 0 Å². The van der Waals surface area contributed by atoms with Gasteiger partial charge in [0.15, 0.2) is 6.10 Å². The second-order valence-corrected chi connectivity index (χ2v) is 6.17. The number of carbonyl (C=O) groups is 1. The molecule has 0 heterocycles. The Balaban J connectivity index is 1.92. The van der Waals surface area contributed by atoms with Crippen molar-refractivity contribution in [2.24, 2.45) is 0 Å². The lowest BCUT2D eigenvalue weighted by atomic mass is 10.2. The molecular weight excluding hydrogens is 312 g/mol. The number of amides is 1. The first kappa shape index (κ1) is 19.0. The number of anilines is 1. The minimum atomic E-state index is -0.559. The maximum absolute atomic E-state index is 12.3. The highest BCUT2D eigenvalue weighted by Crippen LogP contribution is 2.18. The van der Waals surface area contributed by atoms with Gasteiger partial charge in [-0.25, -0.2) is 0 Å². The van der Waals surface area contributed by atoms with Gasteiger partial charge in [0.25, 0.3) is 5.91 Å². The molecule has 0 aliphatic heterocycles. The topological polar surface area (TPSA) is 41.6 Å². The van der Waals surface area contributed by atoms with Crippen LogP contribution in [0.25, 0.3) is 0 Å². The summed E-state index contributed by atoms with van der Waals surface area (Å²) in [6, 6.07) is 15.7. The highest BCUT2D eigenvalue weighted by atomic mass is 16.5. The fourth-order valence-corrected chi connectivity index (χ4v) is 2.58. The standard InChI is InChI=1S/C21H28N2O2/c1-5-23(6-2)15-18-11-13-19(14-12-18)22-21(24)17(4)25-20-10-8-7-9-16(20)3/h7-14,17H,5-6,15H2,1-4H3,(H,22,24)/t17-/m1/s1. The van der Waals surface area contributed by atoms with E-state index in [-0.39, 0.29) is 5.91 Å². The number of ether oxygens (including phenoxy) is 1. The Bertz CT molecular complexity index is 679. The summed E-state index contributed by atoms with van der Waals surface area (Å²) in [5.74, 6) is 0.583. The fourth-order valence-electron chi connectivity index (χ4n) is 2.58. The van der Waals surface area contributed by atoms with Crippen molar-refractivity contribution >= 4 is 11.6 Å². The van der Waals surface area contributed by atoms with E-state index in [1.807, 2.05) is 43.3 Å². The Morgan fingerprint density at radius 1 is 1.08 bits per heavy atom. The van der Waals surface area contributed by atoms with E-state index in [2.05, 4.69) is 36.2 Å². The minimum absolute atomic E-state index is 0.153.